The largest absolute Gasteiger partial charge is 1.00 e. The lowest BCUT2D eigenvalue weighted by molar-refractivity contribution is -0.686. The average Bonchev–Trinajstić information content (AvgIpc) is 3.10. The van der Waals surface area contributed by atoms with Gasteiger partial charge in [-0.1, -0.05) is 0 Å². The van der Waals surface area contributed by atoms with Crippen LogP contribution in [0, 0.1) is 0 Å². The molecule has 5 nitrogen and oxygen atoms in total. The van der Waals surface area contributed by atoms with Gasteiger partial charge in [0.2, 0.25) is 12.5 Å². The van der Waals surface area contributed by atoms with Gasteiger partial charge in [-0.05, 0) is 35.2 Å². The molecule has 0 fully saturated rings. The summed E-state index contributed by atoms with van der Waals surface area (Å²) in [7, 11) is 0. The van der Waals surface area contributed by atoms with E-state index >= 15 is 0 Å². The second-order valence-electron chi connectivity index (χ2n) is 6.59. The molecule has 0 saturated carbocycles. The molecule has 1 aromatic heterocycles. The lowest BCUT2D eigenvalue weighted by atomic mass is 9.95. The van der Waals surface area contributed by atoms with Crippen LogP contribution in [-0.4, -0.2) is 20.0 Å². The first-order chi connectivity index (χ1) is 12.3. The van der Waals surface area contributed by atoms with E-state index in [1.807, 2.05) is 0 Å². The van der Waals surface area contributed by atoms with Crippen LogP contribution in [0.25, 0.3) is 22.0 Å². The number of hydrogen-bond acceptors (Lipinski definition) is 4. The van der Waals surface area contributed by atoms with Crippen molar-refractivity contribution >= 4 is 10.8 Å². The summed E-state index contributed by atoms with van der Waals surface area (Å²) in [6.07, 6.45) is 3.19. The SMILES string of the molecule is [Cl-].c1c2c(cc3c1OCO3)-c1cc3cc4c(cc3c[n+]1CC2)OCCO4. The maximum Gasteiger partial charge on any atom is 0.231 e. The molecule has 132 valence electrons. The average molecular weight is 370 g/mol. The van der Waals surface area contributed by atoms with Crippen LogP contribution in [0.4, 0.5) is 0 Å². The Kier molecular flexibility index (Phi) is 3.40. The molecule has 0 amide bonds. The maximum atomic E-state index is 5.74. The van der Waals surface area contributed by atoms with Crippen molar-refractivity contribution in [1.29, 1.82) is 0 Å². The van der Waals surface area contributed by atoms with Gasteiger partial charge in [-0.25, -0.2) is 0 Å². The molecule has 0 bridgehead atoms. The molecule has 3 aliphatic rings. The predicted molar refractivity (Wildman–Crippen MR) is 90.4 cm³/mol. The van der Waals surface area contributed by atoms with Crippen LogP contribution in [0.5, 0.6) is 23.0 Å². The highest BCUT2D eigenvalue weighted by Crippen LogP contribution is 2.41. The van der Waals surface area contributed by atoms with Crippen molar-refractivity contribution in [2.45, 2.75) is 13.0 Å². The van der Waals surface area contributed by atoms with Crippen LogP contribution in [-0.2, 0) is 13.0 Å². The van der Waals surface area contributed by atoms with Gasteiger partial charge in [0.1, 0.15) is 13.2 Å². The van der Waals surface area contributed by atoms with Crippen molar-refractivity contribution in [2.24, 2.45) is 0 Å². The molecule has 0 atom stereocenters. The first-order valence-electron chi connectivity index (χ1n) is 8.55. The Hall–Kier alpha value is -2.66. The molecule has 3 aliphatic heterocycles. The number of halogens is 1. The zero-order valence-corrected chi connectivity index (χ0v) is 14.7. The van der Waals surface area contributed by atoms with Gasteiger partial charge in [-0.2, -0.15) is 4.57 Å². The molecule has 3 aromatic rings. The Morgan fingerprint density at radius 2 is 1.42 bits per heavy atom. The van der Waals surface area contributed by atoms with Crippen molar-refractivity contribution < 1.29 is 35.9 Å². The summed E-state index contributed by atoms with van der Waals surface area (Å²) in [6, 6.07) is 10.6. The third-order valence-electron chi connectivity index (χ3n) is 5.14. The van der Waals surface area contributed by atoms with E-state index < -0.39 is 0 Å². The molecule has 0 saturated heterocycles. The normalized spacial score (nSPS) is 15.8. The third-order valence-corrected chi connectivity index (χ3v) is 5.14. The maximum absolute atomic E-state index is 5.74. The molecule has 0 unspecified atom stereocenters. The van der Waals surface area contributed by atoms with Crippen molar-refractivity contribution in [3.05, 3.63) is 42.1 Å². The first kappa shape index (κ1) is 15.6. The number of benzene rings is 2. The minimum Gasteiger partial charge on any atom is -1.00 e. The Balaban J connectivity index is 0.00000150. The van der Waals surface area contributed by atoms with E-state index in [1.54, 1.807) is 0 Å². The van der Waals surface area contributed by atoms with Crippen molar-refractivity contribution in [2.75, 3.05) is 20.0 Å². The number of ether oxygens (including phenoxy) is 4. The quantitative estimate of drug-likeness (QED) is 0.517. The van der Waals surface area contributed by atoms with E-state index in [0.717, 1.165) is 46.7 Å². The molecule has 0 N–H and O–H groups in total. The van der Waals surface area contributed by atoms with Crippen molar-refractivity contribution in [3.63, 3.8) is 0 Å². The van der Waals surface area contributed by atoms with Gasteiger partial charge in [0.25, 0.3) is 0 Å². The monoisotopic (exact) mass is 369 g/mol. The molecular formula is C20H16ClNO4. The van der Waals surface area contributed by atoms with Crippen LogP contribution < -0.4 is 35.9 Å². The highest BCUT2D eigenvalue weighted by molar-refractivity contribution is 5.88. The number of fused-ring (bicyclic) bond motifs is 6. The van der Waals surface area contributed by atoms with Crippen LogP contribution >= 0.6 is 0 Å². The summed E-state index contributed by atoms with van der Waals surface area (Å²) in [6.45, 7) is 2.47. The third kappa shape index (κ3) is 2.20. The summed E-state index contributed by atoms with van der Waals surface area (Å²) < 4.78 is 24.9. The Morgan fingerprint density at radius 3 is 2.23 bits per heavy atom. The van der Waals surface area contributed by atoms with E-state index in [4.69, 9.17) is 18.9 Å². The molecule has 0 aliphatic carbocycles. The molecule has 2 aromatic carbocycles. The fourth-order valence-electron chi connectivity index (χ4n) is 3.91. The Bertz CT molecular complexity index is 1050. The van der Waals surface area contributed by atoms with Gasteiger partial charge < -0.3 is 31.4 Å². The first-order valence-corrected chi connectivity index (χ1v) is 8.55. The van der Waals surface area contributed by atoms with E-state index in [1.165, 1.54) is 16.8 Å². The zero-order valence-electron chi connectivity index (χ0n) is 14.0. The lowest BCUT2D eigenvalue weighted by Crippen LogP contribution is -3.00. The number of rotatable bonds is 0. The minimum absolute atomic E-state index is 0. The molecular weight excluding hydrogens is 354 g/mol. The zero-order chi connectivity index (χ0) is 16.4. The number of hydrogen-bond donors (Lipinski definition) is 0. The van der Waals surface area contributed by atoms with E-state index in [9.17, 15) is 0 Å². The van der Waals surface area contributed by atoms with Crippen LogP contribution in [0.1, 0.15) is 5.56 Å². The highest BCUT2D eigenvalue weighted by Gasteiger charge is 2.28. The van der Waals surface area contributed by atoms with Gasteiger partial charge in [0.05, 0.1) is 5.56 Å². The summed E-state index contributed by atoms with van der Waals surface area (Å²) in [5.74, 6) is 3.34. The van der Waals surface area contributed by atoms with E-state index in [-0.39, 0.29) is 12.4 Å². The van der Waals surface area contributed by atoms with Gasteiger partial charge in [-0.15, -0.1) is 0 Å². The van der Waals surface area contributed by atoms with Gasteiger partial charge in [-0.3, -0.25) is 0 Å². The predicted octanol–water partition coefficient (Wildman–Crippen LogP) is -0.146. The number of aryl methyl sites for hydroxylation is 2. The minimum atomic E-state index is 0. The Morgan fingerprint density at radius 1 is 0.731 bits per heavy atom. The van der Waals surface area contributed by atoms with Gasteiger partial charge in [0.15, 0.2) is 35.7 Å². The molecule has 26 heavy (non-hydrogen) atoms. The highest BCUT2D eigenvalue weighted by atomic mass is 35.5. The van der Waals surface area contributed by atoms with Crippen LogP contribution in [0.15, 0.2) is 36.5 Å². The summed E-state index contributed by atoms with van der Waals surface area (Å²) in [5, 5.41) is 2.32. The smallest absolute Gasteiger partial charge is 0.231 e. The molecule has 4 heterocycles. The van der Waals surface area contributed by atoms with E-state index in [0.29, 0.717) is 20.0 Å². The standard InChI is InChI=1S/C20H16NO4.ClH/c1-2-21-10-14-8-18-17(22-3-4-23-18)7-13(14)5-16(21)15-9-20-19(6-12(1)15)24-11-25-20;/h5-10H,1-4,11H2;1H/q+1;/p-1. The Labute approximate surface area is 156 Å². The van der Waals surface area contributed by atoms with Crippen molar-refractivity contribution in [1.82, 2.24) is 0 Å². The summed E-state index contributed by atoms with van der Waals surface area (Å²) in [4.78, 5) is 0. The van der Waals surface area contributed by atoms with Crippen molar-refractivity contribution in [3.8, 4) is 34.3 Å². The number of pyridine rings is 1. The molecule has 6 rings (SSSR count). The fourth-order valence-corrected chi connectivity index (χ4v) is 3.91. The summed E-state index contributed by atoms with van der Waals surface area (Å²) in [5.41, 5.74) is 3.72. The molecule has 0 spiro atoms. The molecule has 6 heteroatoms. The second-order valence-corrected chi connectivity index (χ2v) is 6.59. The lowest BCUT2D eigenvalue weighted by Gasteiger charge is -2.20. The molecule has 0 radical (unpaired) electrons. The number of nitrogens with zero attached hydrogens (tertiary/aromatic N) is 1. The second kappa shape index (κ2) is 5.68. The summed E-state index contributed by atoms with van der Waals surface area (Å²) >= 11 is 0. The fraction of sp³-hybridized carbons (Fsp3) is 0.250. The van der Waals surface area contributed by atoms with Gasteiger partial charge in [0, 0.05) is 17.9 Å². The van der Waals surface area contributed by atoms with Crippen LogP contribution in [0.3, 0.4) is 0 Å². The van der Waals surface area contributed by atoms with E-state index in [2.05, 4.69) is 41.1 Å². The van der Waals surface area contributed by atoms with Gasteiger partial charge >= 0.3 is 0 Å². The van der Waals surface area contributed by atoms with Crippen LogP contribution in [0.2, 0.25) is 0 Å². The number of aromatic nitrogens is 1. The topological polar surface area (TPSA) is 40.8 Å².